The zero-order valence-corrected chi connectivity index (χ0v) is 19.9. The van der Waals surface area contributed by atoms with Gasteiger partial charge in [0.2, 0.25) is 17.7 Å². The summed E-state index contributed by atoms with van der Waals surface area (Å²) in [7, 11) is 0. The summed E-state index contributed by atoms with van der Waals surface area (Å²) in [6.45, 7) is 1.82. The van der Waals surface area contributed by atoms with Crippen LogP contribution in [0.25, 0.3) is 0 Å². The molecule has 0 bridgehead atoms. The van der Waals surface area contributed by atoms with Gasteiger partial charge in [0.1, 0.15) is 12.1 Å². The van der Waals surface area contributed by atoms with E-state index in [1.807, 2.05) is 6.92 Å². The molecule has 1 unspecified atom stereocenters. The summed E-state index contributed by atoms with van der Waals surface area (Å²) in [4.78, 5) is 37.7. The summed E-state index contributed by atoms with van der Waals surface area (Å²) in [6, 6.07) is 19.4. The molecule has 34 heavy (non-hydrogen) atoms. The lowest BCUT2D eigenvalue weighted by Crippen LogP contribution is -2.55. The molecule has 0 saturated carbocycles. The van der Waals surface area contributed by atoms with Gasteiger partial charge in [-0.3, -0.25) is 14.4 Å². The van der Waals surface area contributed by atoms with Crippen LogP contribution in [0, 0.1) is 0 Å². The Morgan fingerprint density at radius 3 is 2.09 bits per heavy atom. The highest BCUT2D eigenvalue weighted by atomic mass is 16.2. The van der Waals surface area contributed by atoms with E-state index in [2.05, 4.69) is 66.0 Å². The quantitative estimate of drug-likeness (QED) is 0.609. The van der Waals surface area contributed by atoms with Gasteiger partial charge in [-0.1, -0.05) is 67.6 Å². The molecular formula is C27H36N4O3. The van der Waals surface area contributed by atoms with Crippen LogP contribution in [0.2, 0.25) is 0 Å². The molecule has 2 heterocycles. The topological polar surface area (TPSA) is 119 Å². The number of nitrogens with two attached hydrogens (primary N) is 2. The first-order chi connectivity index (χ1) is 16.4. The molecule has 7 heteroatoms. The van der Waals surface area contributed by atoms with Crippen molar-refractivity contribution >= 4 is 17.7 Å². The molecule has 2 aliphatic heterocycles. The van der Waals surface area contributed by atoms with Gasteiger partial charge < -0.3 is 21.7 Å². The molecule has 2 aliphatic rings. The van der Waals surface area contributed by atoms with E-state index in [4.69, 9.17) is 11.5 Å². The first kappa shape index (κ1) is 25.4. The maximum Gasteiger partial charge on any atom is 0.246 e. The van der Waals surface area contributed by atoms with Crippen LogP contribution in [0.1, 0.15) is 56.6 Å². The van der Waals surface area contributed by atoms with Gasteiger partial charge in [0.15, 0.2) is 0 Å². The second-order valence-electron chi connectivity index (χ2n) is 9.05. The Labute approximate surface area is 201 Å². The predicted octanol–water partition coefficient (Wildman–Crippen LogP) is 2.51. The van der Waals surface area contributed by atoms with Crippen LogP contribution >= 0.6 is 0 Å². The summed E-state index contributed by atoms with van der Waals surface area (Å²) in [5.74, 6) is -0.984. The number of fused-ring (bicyclic) bond motifs is 1. The van der Waals surface area contributed by atoms with Crippen LogP contribution in [0.5, 0.6) is 0 Å². The van der Waals surface area contributed by atoms with E-state index in [1.54, 1.807) is 4.90 Å². The molecule has 182 valence electrons. The van der Waals surface area contributed by atoms with Crippen molar-refractivity contribution in [2.75, 3.05) is 0 Å². The van der Waals surface area contributed by atoms with E-state index < -0.39 is 24.0 Å². The minimum Gasteiger partial charge on any atom is -0.368 e. The van der Waals surface area contributed by atoms with Gasteiger partial charge in [0.05, 0.1) is 6.04 Å². The van der Waals surface area contributed by atoms with Crippen molar-refractivity contribution in [2.45, 2.75) is 76.0 Å². The maximum absolute atomic E-state index is 12.7. The van der Waals surface area contributed by atoms with E-state index in [0.717, 1.165) is 25.7 Å². The Bertz CT molecular complexity index is 913. The fourth-order valence-electron chi connectivity index (χ4n) is 4.67. The molecule has 5 N–H and O–H groups in total. The number of hydrogen-bond donors (Lipinski definition) is 3. The SMILES string of the molecule is CC[C@H](N)C(=O)NC1CCC[C@H]2CC[C@@H](C(N)=O)N2C1=O.c1ccc(Cc2ccccc2)cc1. The number of nitrogens with zero attached hydrogens (tertiary/aromatic N) is 1. The minimum atomic E-state index is -0.609. The summed E-state index contributed by atoms with van der Waals surface area (Å²) < 4.78 is 0. The second kappa shape index (κ2) is 12.3. The first-order valence-electron chi connectivity index (χ1n) is 12.2. The zero-order chi connectivity index (χ0) is 24.5. The van der Waals surface area contributed by atoms with Crippen LogP contribution in [0.15, 0.2) is 60.7 Å². The predicted molar refractivity (Wildman–Crippen MR) is 133 cm³/mol. The number of primary amides is 1. The van der Waals surface area contributed by atoms with Gasteiger partial charge in [-0.15, -0.1) is 0 Å². The monoisotopic (exact) mass is 464 g/mol. The largest absolute Gasteiger partial charge is 0.368 e. The molecule has 0 aromatic heterocycles. The molecule has 0 radical (unpaired) electrons. The highest BCUT2D eigenvalue weighted by Gasteiger charge is 2.44. The number of benzene rings is 2. The van der Waals surface area contributed by atoms with Crippen LogP contribution in [0.4, 0.5) is 0 Å². The first-order valence-corrected chi connectivity index (χ1v) is 12.2. The number of carbonyl (C=O) groups excluding carboxylic acids is 3. The van der Waals surface area contributed by atoms with Crippen molar-refractivity contribution in [3.05, 3.63) is 71.8 Å². The minimum absolute atomic E-state index is 0.0664. The average molecular weight is 465 g/mol. The van der Waals surface area contributed by atoms with Crippen LogP contribution in [0.3, 0.4) is 0 Å². The second-order valence-corrected chi connectivity index (χ2v) is 9.05. The fourth-order valence-corrected chi connectivity index (χ4v) is 4.67. The maximum atomic E-state index is 12.7. The van der Waals surface area contributed by atoms with Crippen molar-refractivity contribution < 1.29 is 14.4 Å². The molecule has 4 atom stereocenters. The van der Waals surface area contributed by atoms with Gasteiger partial charge in [0.25, 0.3) is 0 Å². The Kier molecular flexibility index (Phi) is 9.22. The Morgan fingerprint density at radius 2 is 1.56 bits per heavy atom. The molecule has 0 aliphatic carbocycles. The van der Waals surface area contributed by atoms with Gasteiger partial charge >= 0.3 is 0 Å². The summed E-state index contributed by atoms with van der Waals surface area (Å²) >= 11 is 0. The van der Waals surface area contributed by atoms with E-state index in [1.165, 1.54) is 11.1 Å². The van der Waals surface area contributed by atoms with E-state index in [0.29, 0.717) is 19.3 Å². The Morgan fingerprint density at radius 1 is 0.971 bits per heavy atom. The third-order valence-corrected chi connectivity index (χ3v) is 6.60. The summed E-state index contributed by atoms with van der Waals surface area (Å²) in [6.07, 6.45) is 5.23. The summed E-state index contributed by atoms with van der Waals surface area (Å²) in [5, 5.41) is 2.72. The van der Waals surface area contributed by atoms with Crippen molar-refractivity contribution in [1.82, 2.24) is 10.2 Å². The highest BCUT2D eigenvalue weighted by Crippen LogP contribution is 2.31. The van der Waals surface area contributed by atoms with Gasteiger partial charge in [-0.05, 0) is 56.1 Å². The number of hydrogen-bond acceptors (Lipinski definition) is 4. The van der Waals surface area contributed by atoms with Crippen molar-refractivity contribution in [1.29, 1.82) is 0 Å². The molecular weight excluding hydrogens is 428 g/mol. The van der Waals surface area contributed by atoms with Crippen molar-refractivity contribution in [3.63, 3.8) is 0 Å². The molecule has 2 aromatic carbocycles. The normalized spacial score (nSPS) is 22.6. The lowest BCUT2D eigenvalue weighted by atomic mass is 10.1. The Hall–Kier alpha value is -3.19. The van der Waals surface area contributed by atoms with Crippen molar-refractivity contribution in [3.8, 4) is 0 Å². The third kappa shape index (κ3) is 6.67. The van der Waals surface area contributed by atoms with Crippen LogP contribution < -0.4 is 16.8 Å². The van der Waals surface area contributed by atoms with E-state index >= 15 is 0 Å². The van der Waals surface area contributed by atoms with Crippen molar-refractivity contribution in [2.24, 2.45) is 11.5 Å². The van der Waals surface area contributed by atoms with Crippen LogP contribution in [-0.4, -0.2) is 46.8 Å². The third-order valence-electron chi connectivity index (χ3n) is 6.60. The zero-order valence-electron chi connectivity index (χ0n) is 19.9. The molecule has 4 rings (SSSR count). The highest BCUT2D eigenvalue weighted by molar-refractivity contribution is 5.93. The standard InChI is InChI=1S/C14H24N4O3.C13H12/c1-2-9(15)13(20)17-10-5-3-4-8-6-7-11(12(16)19)18(8)14(10)21;1-3-7-12(8-4-1)11-13-9-5-2-6-10-13/h8-11H,2-7,15H2,1H3,(H2,16,19)(H,17,20);1-10H,11H2/t8-,9-,10?,11-;/m0./s1. The molecule has 7 nitrogen and oxygen atoms in total. The number of carbonyl (C=O) groups is 3. The average Bonchev–Trinajstić information content (AvgIpc) is 3.22. The number of rotatable bonds is 6. The Balaban J connectivity index is 0.000000212. The molecule has 3 amide bonds. The van der Waals surface area contributed by atoms with E-state index in [9.17, 15) is 14.4 Å². The molecule has 2 fully saturated rings. The molecule has 2 saturated heterocycles. The lowest BCUT2D eigenvalue weighted by molar-refractivity contribution is -0.142. The van der Waals surface area contributed by atoms with E-state index in [-0.39, 0.29) is 17.9 Å². The molecule has 2 aromatic rings. The van der Waals surface area contributed by atoms with Gasteiger partial charge in [-0.25, -0.2) is 0 Å². The lowest BCUT2D eigenvalue weighted by Gasteiger charge is -2.29. The smallest absolute Gasteiger partial charge is 0.246 e. The molecule has 0 spiro atoms. The number of amides is 3. The summed E-state index contributed by atoms with van der Waals surface area (Å²) in [5.41, 5.74) is 13.8. The fraction of sp³-hybridized carbons (Fsp3) is 0.444. The van der Waals surface area contributed by atoms with Crippen LogP contribution in [-0.2, 0) is 20.8 Å². The van der Waals surface area contributed by atoms with Gasteiger partial charge in [-0.2, -0.15) is 0 Å². The van der Waals surface area contributed by atoms with Gasteiger partial charge in [0, 0.05) is 6.04 Å². The number of nitrogens with one attached hydrogen (secondary N) is 1.